The van der Waals surface area contributed by atoms with E-state index in [-0.39, 0.29) is 24.3 Å². The number of carbonyl (C=O) groups excluding carboxylic acids is 2. The maximum absolute atomic E-state index is 12.2. The fourth-order valence-corrected chi connectivity index (χ4v) is 5.20. The third-order valence-electron chi connectivity index (χ3n) is 5.67. The molecule has 1 aliphatic heterocycles. The van der Waals surface area contributed by atoms with Crippen molar-refractivity contribution in [2.24, 2.45) is 5.92 Å². The molecule has 1 saturated heterocycles. The third-order valence-corrected chi connectivity index (χ3v) is 7.30. The Labute approximate surface area is 204 Å². The lowest BCUT2D eigenvalue weighted by molar-refractivity contribution is -0.117. The van der Waals surface area contributed by atoms with Gasteiger partial charge in [0.2, 0.25) is 27.2 Å². The SMILES string of the molecule is O=C(Cc1ccccc1)Nc1nnc(OC2CCN(c3nnc(NC(=O)CC4CC4)s3)CC2)s1. The van der Waals surface area contributed by atoms with E-state index in [9.17, 15) is 9.59 Å². The van der Waals surface area contributed by atoms with Crippen LogP contribution >= 0.6 is 22.7 Å². The molecule has 1 saturated carbocycles. The number of aromatic nitrogens is 4. The fraction of sp³-hybridized carbons (Fsp3) is 0.455. The summed E-state index contributed by atoms with van der Waals surface area (Å²) in [5.41, 5.74) is 0.941. The van der Waals surface area contributed by atoms with Crippen molar-refractivity contribution in [3.63, 3.8) is 0 Å². The van der Waals surface area contributed by atoms with Crippen molar-refractivity contribution in [3.05, 3.63) is 35.9 Å². The lowest BCUT2D eigenvalue weighted by Gasteiger charge is -2.30. The summed E-state index contributed by atoms with van der Waals surface area (Å²) < 4.78 is 6.00. The Kier molecular flexibility index (Phi) is 6.95. The van der Waals surface area contributed by atoms with Gasteiger partial charge in [0.1, 0.15) is 6.10 Å². The van der Waals surface area contributed by atoms with Gasteiger partial charge < -0.3 is 20.3 Å². The first-order valence-electron chi connectivity index (χ1n) is 11.3. The number of hydrogen-bond acceptors (Lipinski definition) is 10. The molecule has 0 radical (unpaired) electrons. The lowest BCUT2D eigenvalue weighted by Crippen LogP contribution is -2.38. The molecule has 2 amide bonds. The molecule has 0 unspecified atom stereocenters. The zero-order chi connectivity index (χ0) is 23.3. The molecule has 1 aliphatic carbocycles. The minimum atomic E-state index is -0.137. The van der Waals surface area contributed by atoms with E-state index in [1.54, 1.807) is 0 Å². The van der Waals surface area contributed by atoms with Crippen LogP contribution in [0.1, 0.15) is 37.7 Å². The Balaban J connectivity index is 1.06. The summed E-state index contributed by atoms with van der Waals surface area (Å²) in [6.45, 7) is 1.55. The first-order chi connectivity index (χ1) is 16.6. The van der Waals surface area contributed by atoms with Gasteiger partial charge in [0.05, 0.1) is 6.42 Å². The normalized spacial score (nSPS) is 16.3. The highest BCUT2D eigenvalue weighted by molar-refractivity contribution is 7.19. The van der Waals surface area contributed by atoms with Crippen molar-refractivity contribution in [2.75, 3.05) is 28.6 Å². The average molecular weight is 500 g/mol. The molecule has 5 rings (SSSR count). The van der Waals surface area contributed by atoms with E-state index in [0.29, 0.717) is 27.8 Å². The number of carbonyl (C=O) groups is 2. The number of benzene rings is 1. The van der Waals surface area contributed by atoms with Gasteiger partial charge >= 0.3 is 0 Å². The largest absolute Gasteiger partial charge is 0.465 e. The average Bonchev–Trinajstić information content (AvgIpc) is 3.33. The Morgan fingerprint density at radius 2 is 1.62 bits per heavy atom. The van der Waals surface area contributed by atoms with Crippen molar-refractivity contribution in [1.29, 1.82) is 0 Å². The smallest absolute Gasteiger partial charge is 0.296 e. The molecule has 0 atom stereocenters. The summed E-state index contributed by atoms with van der Waals surface area (Å²) in [7, 11) is 0. The monoisotopic (exact) mass is 499 g/mol. The topological polar surface area (TPSA) is 122 Å². The zero-order valence-corrected chi connectivity index (χ0v) is 20.1. The van der Waals surface area contributed by atoms with Crippen molar-refractivity contribution in [2.45, 2.75) is 44.6 Å². The van der Waals surface area contributed by atoms with E-state index in [2.05, 4.69) is 35.9 Å². The molecule has 1 aromatic carbocycles. The van der Waals surface area contributed by atoms with Crippen LogP contribution in [0.15, 0.2) is 30.3 Å². The quantitative estimate of drug-likeness (QED) is 0.460. The highest BCUT2D eigenvalue weighted by Gasteiger charge is 2.26. The summed E-state index contributed by atoms with van der Waals surface area (Å²) >= 11 is 2.63. The molecule has 2 N–H and O–H groups in total. The van der Waals surface area contributed by atoms with Crippen molar-refractivity contribution in [3.8, 4) is 5.19 Å². The van der Waals surface area contributed by atoms with Gasteiger partial charge in [-0.3, -0.25) is 9.59 Å². The predicted molar refractivity (Wildman–Crippen MR) is 130 cm³/mol. The summed E-state index contributed by atoms with van der Waals surface area (Å²) in [6.07, 6.45) is 4.77. The molecule has 178 valence electrons. The lowest BCUT2D eigenvalue weighted by atomic mass is 10.1. The third kappa shape index (κ3) is 6.26. The number of hydrogen-bond donors (Lipinski definition) is 2. The van der Waals surface area contributed by atoms with E-state index in [1.807, 2.05) is 30.3 Å². The van der Waals surface area contributed by atoms with E-state index < -0.39 is 0 Å². The molecule has 0 bridgehead atoms. The molecule has 2 fully saturated rings. The molecular formula is C22H25N7O3S2. The molecule has 3 aromatic rings. The predicted octanol–water partition coefficient (Wildman–Crippen LogP) is 3.36. The van der Waals surface area contributed by atoms with Gasteiger partial charge in [0.15, 0.2) is 0 Å². The number of ether oxygens (including phenoxy) is 1. The van der Waals surface area contributed by atoms with E-state index >= 15 is 0 Å². The standard InChI is InChI=1S/C22H25N7O3S2/c30-17(12-14-4-2-1-3-5-14)24-20-26-28-22(34-20)32-16-8-10-29(11-9-16)21-27-25-19(33-21)23-18(31)13-15-6-7-15/h1-5,15-16H,6-13H2,(H,23,25,31)(H,24,26,30). The van der Waals surface area contributed by atoms with Crippen molar-refractivity contribution >= 4 is 49.9 Å². The second-order valence-corrected chi connectivity index (χ2v) is 10.4. The van der Waals surface area contributed by atoms with E-state index in [0.717, 1.165) is 49.5 Å². The summed E-state index contributed by atoms with van der Waals surface area (Å²) in [4.78, 5) is 26.3. The van der Waals surface area contributed by atoms with Crippen LogP contribution in [-0.2, 0) is 16.0 Å². The first-order valence-corrected chi connectivity index (χ1v) is 13.0. The van der Waals surface area contributed by atoms with Gasteiger partial charge in [-0.05, 0) is 35.7 Å². The number of nitrogens with one attached hydrogen (secondary N) is 2. The Morgan fingerprint density at radius 3 is 2.38 bits per heavy atom. The van der Waals surface area contributed by atoms with Gasteiger partial charge in [-0.2, -0.15) is 0 Å². The van der Waals surface area contributed by atoms with Crippen LogP contribution in [0.2, 0.25) is 0 Å². The number of amides is 2. The first kappa shape index (κ1) is 22.7. The number of piperidine rings is 1. The minimum absolute atomic E-state index is 0.0164. The molecule has 12 heteroatoms. The van der Waals surface area contributed by atoms with Gasteiger partial charge in [0.25, 0.3) is 5.19 Å². The highest BCUT2D eigenvalue weighted by atomic mass is 32.1. The maximum atomic E-state index is 12.2. The Bertz CT molecular complexity index is 1120. The molecule has 10 nitrogen and oxygen atoms in total. The highest BCUT2D eigenvalue weighted by Crippen LogP contribution is 2.33. The Hall–Kier alpha value is -3.12. The molecule has 2 aliphatic rings. The van der Waals surface area contributed by atoms with Crippen LogP contribution in [0.3, 0.4) is 0 Å². The summed E-state index contributed by atoms with van der Waals surface area (Å²) in [6, 6.07) is 9.55. The molecule has 0 spiro atoms. The number of anilines is 3. The molecular weight excluding hydrogens is 474 g/mol. The van der Waals surface area contributed by atoms with Crippen LogP contribution in [0.4, 0.5) is 15.4 Å². The van der Waals surface area contributed by atoms with Crippen molar-refractivity contribution in [1.82, 2.24) is 20.4 Å². The van der Waals surface area contributed by atoms with Gasteiger partial charge in [-0.15, -0.1) is 15.3 Å². The van der Waals surface area contributed by atoms with Crippen LogP contribution < -0.4 is 20.3 Å². The van der Waals surface area contributed by atoms with Gasteiger partial charge in [-0.1, -0.05) is 46.8 Å². The van der Waals surface area contributed by atoms with Crippen LogP contribution in [-0.4, -0.2) is 51.4 Å². The van der Waals surface area contributed by atoms with Crippen LogP contribution in [0, 0.1) is 5.92 Å². The van der Waals surface area contributed by atoms with Crippen LogP contribution in [0.25, 0.3) is 0 Å². The van der Waals surface area contributed by atoms with E-state index in [4.69, 9.17) is 4.74 Å². The second kappa shape index (κ2) is 10.4. The van der Waals surface area contributed by atoms with Crippen LogP contribution in [0.5, 0.6) is 5.19 Å². The maximum Gasteiger partial charge on any atom is 0.296 e. The Morgan fingerprint density at radius 1 is 0.912 bits per heavy atom. The summed E-state index contributed by atoms with van der Waals surface area (Å²) in [5.74, 6) is 0.424. The number of rotatable bonds is 9. The van der Waals surface area contributed by atoms with Crippen molar-refractivity contribution < 1.29 is 14.3 Å². The summed E-state index contributed by atoms with van der Waals surface area (Å²) in [5, 5.41) is 24.3. The minimum Gasteiger partial charge on any atom is -0.465 e. The molecule has 3 heterocycles. The fourth-order valence-electron chi connectivity index (χ4n) is 3.71. The molecule has 2 aromatic heterocycles. The zero-order valence-electron chi connectivity index (χ0n) is 18.5. The van der Waals surface area contributed by atoms with E-state index in [1.165, 1.54) is 22.7 Å². The van der Waals surface area contributed by atoms with Gasteiger partial charge in [-0.25, -0.2) is 0 Å². The number of nitrogens with zero attached hydrogens (tertiary/aromatic N) is 5. The molecule has 34 heavy (non-hydrogen) atoms. The van der Waals surface area contributed by atoms with Gasteiger partial charge in [0, 0.05) is 32.4 Å². The second-order valence-electron chi connectivity index (χ2n) is 8.47.